The van der Waals surface area contributed by atoms with Gasteiger partial charge in [0.2, 0.25) is 0 Å². The molecule has 9 heteroatoms. The molecule has 8 nitrogen and oxygen atoms in total. The Morgan fingerprint density at radius 3 is 1.71 bits per heavy atom. The predicted octanol–water partition coefficient (Wildman–Crippen LogP) is 5.29. The molecule has 0 amide bonds. The molecule has 2 heterocycles. The number of aliphatic hydroxyl groups is 2. The van der Waals surface area contributed by atoms with Crippen LogP contribution in [0.4, 0.5) is 0 Å². The maximum Gasteiger partial charge on any atom is 0.330 e. The Labute approximate surface area is 275 Å². The first-order valence-corrected chi connectivity index (χ1v) is 19.8. The molecule has 4 aromatic rings. The minimum Gasteiger partial charge on any atom is -0.387 e. The molecule has 3 N–H and O–H groups in total. The summed E-state index contributed by atoms with van der Waals surface area (Å²) in [7, 11) is 0. The third-order valence-electron chi connectivity index (χ3n) is 7.88. The molecule has 45 heavy (non-hydrogen) atoms. The Balaban J connectivity index is 0.000000448. The van der Waals surface area contributed by atoms with Crippen LogP contribution in [-0.2, 0) is 15.1 Å². The number of hydrogen-bond acceptors (Lipinski definition) is 6. The van der Waals surface area contributed by atoms with E-state index in [0.717, 1.165) is 27.3 Å². The second-order valence-electron chi connectivity index (χ2n) is 11.1. The Hall–Kier alpha value is -3.02. The number of rotatable bonds is 13. The first kappa shape index (κ1) is 34.8. The van der Waals surface area contributed by atoms with Crippen LogP contribution >= 0.6 is 0 Å². The van der Waals surface area contributed by atoms with Crippen LogP contribution in [0, 0.1) is 0 Å². The van der Waals surface area contributed by atoms with Gasteiger partial charge in [-0.25, -0.2) is 4.79 Å². The standard InChI is InChI=1S/C28H26N2O6.2C4H9.Sn/c31-23-16-17-30(27(34)29-23)26-25(33)24(32)22(36-26)18-35-28(19-10-4-1-5-11-19,20-12-6-2-7-13-20)21-14-8-3-9-15-21;2*1-3-4-2;/h1-17,22,24-26,32-33H,18H2,(H,29,31,34);2*1,3-4H2,2H3;. The molecule has 0 saturated carbocycles. The third-order valence-corrected chi connectivity index (χ3v) is 11.9. The van der Waals surface area contributed by atoms with E-state index in [-0.39, 0.29) is 27.7 Å². The van der Waals surface area contributed by atoms with Gasteiger partial charge in [0.25, 0.3) is 5.56 Å². The van der Waals surface area contributed by atoms with Gasteiger partial charge in [-0.2, -0.15) is 0 Å². The van der Waals surface area contributed by atoms with E-state index in [0.29, 0.717) is 0 Å². The van der Waals surface area contributed by atoms with Gasteiger partial charge in [-0.1, -0.05) is 91.0 Å². The number of benzene rings is 3. The molecule has 1 aromatic heterocycles. The van der Waals surface area contributed by atoms with Gasteiger partial charge in [-0.3, -0.25) is 14.3 Å². The van der Waals surface area contributed by atoms with Crippen LogP contribution in [0.25, 0.3) is 0 Å². The normalized spacial score (nSPS) is 19.6. The molecule has 4 atom stereocenters. The van der Waals surface area contributed by atoms with Crippen LogP contribution in [0.1, 0.15) is 62.4 Å². The number of nitrogens with one attached hydrogen (secondary N) is 1. The molecule has 1 fully saturated rings. The van der Waals surface area contributed by atoms with E-state index in [4.69, 9.17) is 9.47 Å². The molecule has 0 aliphatic carbocycles. The van der Waals surface area contributed by atoms with Crippen LogP contribution in [0.5, 0.6) is 0 Å². The van der Waals surface area contributed by atoms with Crippen molar-refractivity contribution in [1.29, 1.82) is 0 Å². The molecule has 1 aliphatic heterocycles. The van der Waals surface area contributed by atoms with Crippen molar-refractivity contribution >= 4 is 21.1 Å². The second kappa shape index (κ2) is 17.6. The van der Waals surface area contributed by atoms with Crippen molar-refractivity contribution in [2.24, 2.45) is 0 Å². The first-order valence-electron chi connectivity index (χ1n) is 15.8. The summed E-state index contributed by atoms with van der Waals surface area (Å²) < 4.78 is 16.9. The van der Waals surface area contributed by atoms with Crippen LogP contribution in [0.15, 0.2) is 113 Å². The second-order valence-corrected chi connectivity index (χ2v) is 15.4. The van der Waals surface area contributed by atoms with E-state index >= 15 is 0 Å². The van der Waals surface area contributed by atoms with Crippen molar-refractivity contribution in [2.75, 3.05) is 6.61 Å². The molecule has 4 unspecified atom stereocenters. The Morgan fingerprint density at radius 1 is 0.778 bits per heavy atom. The number of ether oxygens (including phenoxy) is 2. The Morgan fingerprint density at radius 2 is 1.27 bits per heavy atom. The molecule has 1 saturated heterocycles. The van der Waals surface area contributed by atoms with Gasteiger partial charge in [-0.05, 0) is 16.7 Å². The summed E-state index contributed by atoms with van der Waals surface area (Å²) in [5, 5.41) is 21.5. The zero-order valence-electron chi connectivity index (χ0n) is 26.0. The summed E-state index contributed by atoms with van der Waals surface area (Å²) in [5.74, 6) is 0. The summed E-state index contributed by atoms with van der Waals surface area (Å²) in [6, 6.07) is 30.4. The number of aromatic amines is 1. The molecule has 238 valence electrons. The molecular formula is C36H44N2O6Sn. The Bertz CT molecular complexity index is 1430. The van der Waals surface area contributed by atoms with Crippen LogP contribution in [0.2, 0.25) is 8.87 Å². The number of H-pyrrole nitrogens is 1. The molecule has 0 spiro atoms. The van der Waals surface area contributed by atoms with E-state index in [1.165, 1.54) is 31.9 Å². The van der Waals surface area contributed by atoms with Gasteiger partial charge in [0.15, 0.2) is 6.23 Å². The van der Waals surface area contributed by atoms with Gasteiger partial charge in [-0.15, -0.1) is 0 Å². The largest absolute Gasteiger partial charge is 0.387 e. The molecule has 1 aliphatic rings. The third kappa shape index (κ3) is 8.83. The fourth-order valence-corrected chi connectivity index (χ4v) is 9.59. The summed E-state index contributed by atoms with van der Waals surface area (Å²) in [4.78, 5) is 25.8. The monoisotopic (exact) mass is 720 g/mol. The molecule has 3 aromatic carbocycles. The molecule has 2 radical (unpaired) electrons. The minimum atomic E-state index is -1.40. The topological polar surface area (TPSA) is 114 Å². The maximum absolute atomic E-state index is 12.3. The minimum absolute atomic E-state index is 0.0918. The van der Waals surface area contributed by atoms with Gasteiger partial charge in [0.05, 0.1) is 6.61 Å². The van der Waals surface area contributed by atoms with E-state index < -0.39 is 41.4 Å². The van der Waals surface area contributed by atoms with Gasteiger partial charge in [0, 0.05) is 12.3 Å². The number of aliphatic hydroxyl groups excluding tert-OH is 2. The zero-order chi connectivity index (χ0) is 32.1. The van der Waals surface area contributed by atoms with E-state index in [2.05, 4.69) is 18.8 Å². The summed E-state index contributed by atoms with van der Waals surface area (Å²) >= 11 is 0.149. The molecule has 5 rings (SSSR count). The molecular weight excluding hydrogens is 675 g/mol. The molecule has 0 bridgehead atoms. The van der Waals surface area contributed by atoms with Crippen molar-refractivity contribution in [1.82, 2.24) is 9.55 Å². The van der Waals surface area contributed by atoms with E-state index in [9.17, 15) is 19.8 Å². The number of unbranched alkanes of at least 4 members (excludes halogenated alkanes) is 2. The van der Waals surface area contributed by atoms with Crippen molar-refractivity contribution < 1.29 is 19.7 Å². The zero-order valence-corrected chi connectivity index (χ0v) is 28.9. The smallest absolute Gasteiger partial charge is 0.330 e. The number of aromatic nitrogens is 2. The van der Waals surface area contributed by atoms with Crippen LogP contribution in [-0.4, -0.2) is 65.8 Å². The van der Waals surface area contributed by atoms with Gasteiger partial charge >= 0.3 is 75.2 Å². The number of nitrogens with zero attached hydrogens (tertiary/aromatic N) is 1. The van der Waals surface area contributed by atoms with Gasteiger partial charge < -0.3 is 19.7 Å². The van der Waals surface area contributed by atoms with Crippen molar-refractivity contribution in [3.8, 4) is 0 Å². The average molecular weight is 719 g/mol. The predicted molar refractivity (Wildman–Crippen MR) is 178 cm³/mol. The summed E-state index contributed by atoms with van der Waals surface area (Å²) in [6.07, 6.45) is 2.21. The van der Waals surface area contributed by atoms with Crippen molar-refractivity contribution in [3.05, 3.63) is 141 Å². The SMILES string of the molecule is CCC[CH2][Sn][CH2]CCC.O=c1ccn(C2OC(COC(c3ccccc3)(c3ccccc3)c3ccccc3)C(O)C2O)c(=O)[nH]1. The van der Waals surface area contributed by atoms with E-state index in [1.54, 1.807) is 8.87 Å². The number of hydrogen-bond donors (Lipinski definition) is 3. The van der Waals surface area contributed by atoms with Crippen molar-refractivity contribution in [3.63, 3.8) is 0 Å². The average Bonchev–Trinajstić information content (AvgIpc) is 3.35. The van der Waals surface area contributed by atoms with Crippen LogP contribution < -0.4 is 11.2 Å². The first-order chi connectivity index (χ1) is 21.9. The van der Waals surface area contributed by atoms with Crippen LogP contribution in [0.3, 0.4) is 0 Å². The Kier molecular flexibility index (Phi) is 13.6. The quantitative estimate of drug-likeness (QED) is 0.0984. The summed E-state index contributed by atoms with van der Waals surface area (Å²) in [6.45, 7) is 4.49. The fraction of sp³-hybridized carbons (Fsp3) is 0.389. The van der Waals surface area contributed by atoms with E-state index in [1.807, 2.05) is 91.0 Å². The van der Waals surface area contributed by atoms with Crippen molar-refractivity contribution in [2.45, 2.75) is 78.5 Å². The fourth-order valence-electron chi connectivity index (χ4n) is 5.43. The maximum atomic E-state index is 12.3. The summed E-state index contributed by atoms with van der Waals surface area (Å²) in [5.41, 5.74) is 0.289. The van der Waals surface area contributed by atoms with Gasteiger partial charge in [0.1, 0.15) is 23.9 Å².